The van der Waals surface area contributed by atoms with Crippen molar-refractivity contribution in [1.29, 1.82) is 0 Å². The van der Waals surface area contributed by atoms with Gasteiger partial charge in [-0.3, -0.25) is 14.6 Å². The van der Waals surface area contributed by atoms with E-state index in [1.165, 1.54) is 22.5 Å². The Morgan fingerprint density at radius 1 is 1.30 bits per heavy atom. The lowest BCUT2D eigenvalue weighted by atomic mass is 10.0. The molecule has 1 fully saturated rings. The van der Waals surface area contributed by atoms with E-state index in [1.807, 2.05) is 18.5 Å². The number of piperazine rings is 1. The van der Waals surface area contributed by atoms with Crippen LogP contribution < -0.4 is 5.32 Å². The smallest absolute Gasteiger partial charge is 0.0669 e. The Bertz CT molecular complexity index is 634. The average molecular weight is 313 g/mol. The molecule has 3 heterocycles. The van der Waals surface area contributed by atoms with Gasteiger partial charge >= 0.3 is 0 Å². The molecule has 2 aromatic heterocycles. The molecule has 124 valence electrons. The summed E-state index contributed by atoms with van der Waals surface area (Å²) in [7, 11) is 2.07. The highest BCUT2D eigenvalue weighted by molar-refractivity contribution is 5.27. The molecule has 1 saturated heterocycles. The molecule has 0 bridgehead atoms. The highest BCUT2D eigenvalue weighted by atomic mass is 15.3. The van der Waals surface area contributed by atoms with E-state index < -0.39 is 0 Å². The summed E-state index contributed by atoms with van der Waals surface area (Å²) in [6.45, 7) is 8.47. The Morgan fingerprint density at radius 3 is 2.87 bits per heavy atom. The maximum Gasteiger partial charge on any atom is 0.0669 e. The number of aryl methyl sites for hydroxylation is 2. The Morgan fingerprint density at radius 2 is 2.17 bits per heavy atom. The van der Waals surface area contributed by atoms with Crippen molar-refractivity contribution in [3.63, 3.8) is 0 Å². The fraction of sp³-hybridized carbons (Fsp3) is 0.556. The van der Waals surface area contributed by atoms with Crippen LogP contribution in [0.5, 0.6) is 0 Å². The van der Waals surface area contributed by atoms with Gasteiger partial charge in [0.15, 0.2) is 0 Å². The summed E-state index contributed by atoms with van der Waals surface area (Å²) in [5, 5.41) is 8.25. The number of hydrogen-bond donors (Lipinski definition) is 1. The molecule has 5 nitrogen and oxygen atoms in total. The van der Waals surface area contributed by atoms with Crippen molar-refractivity contribution in [2.75, 3.05) is 19.6 Å². The van der Waals surface area contributed by atoms with Crippen molar-refractivity contribution in [1.82, 2.24) is 25.0 Å². The van der Waals surface area contributed by atoms with Crippen molar-refractivity contribution in [3.8, 4) is 0 Å². The van der Waals surface area contributed by atoms with Gasteiger partial charge in [-0.05, 0) is 24.5 Å². The lowest BCUT2D eigenvalue weighted by molar-refractivity contribution is 0.152. The van der Waals surface area contributed by atoms with Gasteiger partial charge in [0.05, 0.1) is 5.69 Å². The van der Waals surface area contributed by atoms with Crippen LogP contribution in [-0.2, 0) is 26.4 Å². The first-order valence-electron chi connectivity index (χ1n) is 8.62. The SMILES string of the molecule is CCc1nn(C)c(CC)c1CN1CCNCC1c1cccnc1. The van der Waals surface area contributed by atoms with Crippen LogP contribution in [0.3, 0.4) is 0 Å². The molecule has 1 atom stereocenters. The molecule has 1 unspecified atom stereocenters. The lowest BCUT2D eigenvalue weighted by Crippen LogP contribution is -2.45. The van der Waals surface area contributed by atoms with E-state index in [0.29, 0.717) is 6.04 Å². The van der Waals surface area contributed by atoms with Crippen LogP contribution in [-0.4, -0.2) is 39.3 Å². The number of pyridine rings is 1. The third-order valence-corrected chi connectivity index (χ3v) is 4.81. The second-order valence-electron chi connectivity index (χ2n) is 6.18. The Hall–Kier alpha value is -1.72. The van der Waals surface area contributed by atoms with Gasteiger partial charge in [-0.25, -0.2) is 0 Å². The second kappa shape index (κ2) is 7.23. The van der Waals surface area contributed by atoms with E-state index in [1.54, 1.807) is 0 Å². The van der Waals surface area contributed by atoms with Gasteiger partial charge in [0.1, 0.15) is 0 Å². The molecule has 0 radical (unpaired) electrons. The molecule has 1 aliphatic rings. The van der Waals surface area contributed by atoms with E-state index >= 15 is 0 Å². The largest absolute Gasteiger partial charge is 0.314 e. The minimum Gasteiger partial charge on any atom is -0.314 e. The zero-order valence-corrected chi connectivity index (χ0v) is 14.4. The molecule has 0 saturated carbocycles. The molecule has 1 N–H and O–H groups in total. The van der Waals surface area contributed by atoms with Crippen molar-refractivity contribution in [2.24, 2.45) is 7.05 Å². The minimum absolute atomic E-state index is 0.382. The Balaban J connectivity index is 1.88. The van der Waals surface area contributed by atoms with E-state index in [-0.39, 0.29) is 0 Å². The maximum absolute atomic E-state index is 4.73. The predicted molar refractivity (Wildman–Crippen MR) is 92.2 cm³/mol. The van der Waals surface area contributed by atoms with Crippen molar-refractivity contribution < 1.29 is 0 Å². The molecule has 1 aliphatic heterocycles. The van der Waals surface area contributed by atoms with Gasteiger partial charge in [0.25, 0.3) is 0 Å². The molecule has 23 heavy (non-hydrogen) atoms. The van der Waals surface area contributed by atoms with Crippen LogP contribution in [0, 0.1) is 0 Å². The molecule has 0 aliphatic carbocycles. The summed E-state index contributed by atoms with van der Waals surface area (Å²) in [5.41, 5.74) is 5.33. The standard InChI is InChI=1S/C18H27N5/c1-4-16-15(17(5-2)22(3)21-16)13-23-10-9-20-12-18(23)14-7-6-8-19-11-14/h6-8,11,18,20H,4-5,9-10,12-13H2,1-3H3. The first kappa shape index (κ1) is 16.1. The van der Waals surface area contributed by atoms with Crippen molar-refractivity contribution in [3.05, 3.63) is 47.0 Å². The van der Waals surface area contributed by atoms with Gasteiger partial charge in [0, 0.05) is 62.9 Å². The molecular weight excluding hydrogens is 286 g/mol. The normalized spacial score (nSPS) is 19.2. The minimum atomic E-state index is 0.382. The number of nitrogens with zero attached hydrogens (tertiary/aromatic N) is 4. The van der Waals surface area contributed by atoms with Crippen molar-refractivity contribution in [2.45, 2.75) is 39.3 Å². The van der Waals surface area contributed by atoms with E-state index in [2.05, 4.69) is 46.8 Å². The van der Waals surface area contributed by atoms with Crippen LogP contribution in [0.15, 0.2) is 24.5 Å². The Kier molecular flexibility index (Phi) is 5.08. The van der Waals surface area contributed by atoms with Crippen LogP contribution in [0.4, 0.5) is 0 Å². The molecule has 0 aromatic carbocycles. The first-order valence-corrected chi connectivity index (χ1v) is 8.62. The number of aromatic nitrogens is 3. The van der Waals surface area contributed by atoms with Crippen molar-refractivity contribution >= 4 is 0 Å². The monoisotopic (exact) mass is 313 g/mol. The summed E-state index contributed by atoms with van der Waals surface area (Å²) >= 11 is 0. The molecule has 0 spiro atoms. The Labute approximate surface area is 138 Å². The lowest BCUT2D eigenvalue weighted by Gasteiger charge is -2.36. The molecule has 0 amide bonds. The van der Waals surface area contributed by atoms with Gasteiger partial charge in [0.2, 0.25) is 0 Å². The summed E-state index contributed by atoms with van der Waals surface area (Å²) in [4.78, 5) is 6.87. The summed E-state index contributed by atoms with van der Waals surface area (Å²) in [6.07, 6.45) is 5.86. The fourth-order valence-corrected chi connectivity index (χ4v) is 3.61. The van der Waals surface area contributed by atoms with Crippen LogP contribution in [0.25, 0.3) is 0 Å². The zero-order chi connectivity index (χ0) is 16.2. The third-order valence-electron chi connectivity index (χ3n) is 4.81. The molecule has 2 aromatic rings. The van der Waals surface area contributed by atoms with E-state index in [0.717, 1.165) is 39.0 Å². The van der Waals surface area contributed by atoms with E-state index in [4.69, 9.17) is 5.10 Å². The molecule has 3 rings (SSSR count). The fourth-order valence-electron chi connectivity index (χ4n) is 3.61. The van der Waals surface area contributed by atoms with Gasteiger partial charge in [-0.1, -0.05) is 19.9 Å². The van der Waals surface area contributed by atoms with Gasteiger partial charge < -0.3 is 5.32 Å². The first-order chi connectivity index (χ1) is 11.2. The summed E-state index contributed by atoms with van der Waals surface area (Å²) < 4.78 is 2.06. The maximum atomic E-state index is 4.73. The van der Waals surface area contributed by atoms with Crippen LogP contribution in [0.2, 0.25) is 0 Å². The number of rotatable bonds is 5. The number of hydrogen-bond acceptors (Lipinski definition) is 4. The number of nitrogens with one attached hydrogen (secondary N) is 1. The topological polar surface area (TPSA) is 46.0 Å². The van der Waals surface area contributed by atoms with Gasteiger partial charge in [-0.15, -0.1) is 0 Å². The highest BCUT2D eigenvalue weighted by Crippen LogP contribution is 2.26. The predicted octanol–water partition coefficient (Wildman–Crippen LogP) is 2.09. The molecule has 5 heteroatoms. The second-order valence-corrected chi connectivity index (χ2v) is 6.18. The van der Waals surface area contributed by atoms with Crippen LogP contribution in [0.1, 0.15) is 42.4 Å². The zero-order valence-electron chi connectivity index (χ0n) is 14.4. The average Bonchev–Trinajstić information content (AvgIpc) is 2.91. The van der Waals surface area contributed by atoms with Gasteiger partial charge in [-0.2, -0.15) is 5.10 Å². The summed E-state index contributed by atoms with van der Waals surface area (Å²) in [6, 6.07) is 4.59. The van der Waals surface area contributed by atoms with Crippen LogP contribution >= 0.6 is 0 Å². The van der Waals surface area contributed by atoms with E-state index in [9.17, 15) is 0 Å². The quantitative estimate of drug-likeness (QED) is 0.918. The third kappa shape index (κ3) is 3.31. The molecular formula is C18H27N5. The summed E-state index contributed by atoms with van der Waals surface area (Å²) in [5.74, 6) is 0. The highest BCUT2D eigenvalue weighted by Gasteiger charge is 2.26.